The molecule has 0 unspecified atom stereocenters. The first-order chi connectivity index (χ1) is 9.65. The van der Waals surface area contributed by atoms with Crippen molar-refractivity contribution >= 4 is 17.2 Å². The van der Waals surface area contributed by atoms with Crippen molar-refractivity contribution in [1.82, 2.24) is 0 Å². The van der Waals surface area contributed by atoms with Gasteiger partial charge >= 0.3 is 0 Å². The van der Waals surface area contributed by atoms with Crippen molar-refractivity contribution < 1.29 is 19.2 Å². The molecule has 1 aromatic carbocycles. The number of ether oxygens (including phenoxy) is 2. The van der Waals surface area contributed by atoms with Gasteiger partial charge in [-0.2, -0.15) is 0 Å². The molecule has 2 heterocycles. The summed E-state index contributed by atoms with van der Waals surface area (Å²) in [6.07, 6.45) is 0.844. The minimum Gasteiger partial charge on any atom is -0.486 e. The molecule has 2 aliphatic rings. The molecule has 3 rings (SSSR count). The van der Waals surface area contributed by atoms with Gasteiger partial charge in [-0.15, -0.1) is 0 Å². The average Bonchev–Trinajstić information content (AvgIpc) is 2.46. The highest BCUT2D eigenvalue weighted by molar-refractivity contribution is 5.82. The van der Waals surface area contributed by atoms with Gasteiger partial charge in [0.05, 0.1) is 11.0 Å². The topological polar surface area (TPSA) is 81.9 Å². The predicted molar refractivity (Wildman–Crippen MR) is 70.5 cm³/mol. The molecule has 106 valence electrons. The van der Waals surface area contributed by atoms with Crippen molar-refractivity contribution in [3.8, 4) is 11.5 Å². The first-order valence-electron chi connectivity index (χ1n) is 6.50. The average molecular weight is 278 g/mol. The van der Waals surface area contributed by atoms with Crippen LogP contribution in [0.5, 0.6) is 11.5 Å². The van der Waals surface area contributed by atoms with E-state index in [4.69, 9.17) is 9.47 Å². The Morgan fingerprint density at radius 3 is 2.30 bits per heavy atom. The third-order valence-electron chi connectivity index (χ3n) is 3.50. The number of piperidine rings is 1. The third-order valence-corrected chi connectivity index (χ3v) is 3.50. The SMILES string of the molecule is O=C1CCN(c2cc3c(cc2[N+](=O)[O-])OCCO3)CC1. The summed E-state index contributed by atoms with van der Waals surface area (Å²) in [6, 6.07) is 3.04. The monoisotopic (exact) mass is 278 g/mol. The number of fused-ring (bicyclic) bond motifs is 1. The van der Waals surface area contributed by atoms with Crippen LogP contribution in [-0.2, 0) is 4.79 Å². The lowest BCUT2D eigenvalue weighted by molar-refractivity contribution is -0.384. The van der Waals surface area contributed by atoms with Crippen molar-refractivity contribution in [2.24, 2.45) is 0 Å². The molecule has 0 aliphatic carbocycles. The zero-order chi connectivity index (χ0) is 14.1. The fourth-order valence-corrected chi connectivity index (χ4v) is 2.46. The van der Waals surface area contributed by atoms with E-state index in [9.17, 15) is 14.9 Å². The lowest BCUT2D eigenvalue weighted by Gasteiger charge is -2.29. The van der Waals surface area contributed by atoms with Gasteiger partial charge in [0.2, 0.25) is 0 Å². The molecule has 2 aliphatic heterocycles. The maximum Gasteiger partial charge on any atom is 0.296 e. The number of carbonyl (C=O) groups excluding carboxylic acids is 1. The Labute approximate surface area is 115 Å². The number of hydrogen-bond acceptors (Lipinski definition) is 6. The van der Waals surface area contributed by atoms with Gasteiger partial charge in [0.1, 0.15) is 24.7 Å². The van der Waals surface area contributed by atoms with E-state index in [-0.39, 0.29) is 11.5 Å². The zero-order valence-electron chi connectivity index (χ0n) is 10.8. The summed E-state index contributed by atoms with van der Waals surface area (Å²) < 4.78 is 10.8. The Morgan fingerprint density at radius 1 is 1.10 bits per heavy atom. The Morgan fingerprint density at radius 2 is 1.70 bits per heavy atom. The van der Waals surface area contributed by atoms with Crippen LogP contribution in [0.3, 0.4) is 0 Å². The van der Waals surface area contributed by atoms with E-state index >= 15 is 0 Å². The van der Waals surface area contributed by atoms with Crippen LogP contribution in [-0.4, -0.2) is 37.0 Å². The summed E-state index contributed by atoms with van der Waals surface area (Å²) in [4.78, 5) is 23.9. The second-order valence-electron chi connectivity index (χ2n) is 4.77. The molecule has 0 radical (unpaired) electrons. The van der Waals surface area contributed by atoms with E-state index in [1.165, 1.54) is 6.07 Å². The smallest absolute Gasteiger partial charge is 0.296 e. The molecule has 0 amide bonds. The minimum atomic E-state index is -0.427. The van der Waals surface area contributed by atoms with E-state index < -0.39 is 4.92 Å². The van der Waals surface area contributed by atoms with Crippen LogP contribution in [0.4, 0.5) is 11.4 Å². The summed E-state index contributed by atoms with van der Waals surface area (Å²) in [7, 11) is 0. The van der Waals surface area contributed by atoms with Gasteiger partial charge in [-0.3, -0.25) is 14.9 Å². The summed E-state index contributed by atoms with van der Waals surface area (Å²) in [5.41, 5.74) is 0.482. The number of rotatable bonds is 2. The molecule has 20 heavy (non-hydrogen) atoms. The normalized spacial score (nSPS) is 18.0. The Bertz CT molecular complexity index is 562. The van der Waals surface area contributed by atoms with Gasteiger partial charge < -0.3 is 14.4 Å². The lowest BCUT2D eigenvalue weighted by atomic mass is 10.1. The van der Waals surface area contributed by atoms with E-state index in [1.54, 1.807) is 6.07 Å². The van der Waals surface area contributed by atoms with Crippen LogP contribution >= 0.6 is 0 Å². The molecule has 0 aromatic heterocycles. The van der Waals surface area contributed by atoms with E-state index in [1.807, 2.05) is 4.90 Å². The molecule has 7 nitrogen and oxygen atoms in total. The standard InChI is InChI=1S/C13H14N2O5/c16-9-1-3-14(4-2-9)10-7-12-13(20-6-5-19-12)8-11(10)15(17)18/h7-8H,1-6H2. The number of Topliss-reactive ketones (excluding diaryl/α,β-unsaturated/α-hetero) is 1. The van der Waals surface area contributed by atoms with Crippen molar-refractivity contribution in [3.63, 3.8) is 0 Å². The van der Waals surface area contributed by atoms with Crippen molar-refractivity contribution in [3.05, 3.63) is 22.2 Å². The Kier molecular flexibility index (Phi) is 3.17. The third kappa shape index (κ3) is 2.26. The molecule has 1 saturated heterocycles. The van der Waals surface area contributed by atoms with Gasteiger partial charge in [-0.05, 0) is 0 Å². The molecule has 0 atom stereocenters. The predicted octanol–water partition coefficient (Wildman–Crippen LogP) is 1.54. The minimum absolute atomic E-state index is 0.0106. The number of anilines is 1. The first kappa shape index (κ1) is 12.7. The van der Waals surface area contributed by atoms with Crippen LogP contribution in [0.1, 0.15) is 12.8 Å². The molecular formula is C13H14N2O5. The van der Waals surface area contributed by atoms with Crippen molar-refractivity contribution in [1.29, 1.82) is 0 Å². The molecule has 0 bridgehead atoms. The Balaban J connectivity index is 1.99. The number of hydrogen-bond donors (Lipinski definition) is 0. The van der Waals surface area contributed by atoms with Crippen LogP contribution in [0.15, 0.2) is 12.1 Å². The highest BCUT2D eigenvalue weighted by Gasteiger charge is 2.27. The lowest BCUT2D eigenvalue weighted by Crippen LogP contribution is -2.34. The number of ketones is 1. The first-order valence-corrected chi connectivity index (χ1v) is 6.50. The molecule has 1 fully saturated rings. The van der Waals surface area contributed by atoms with E-state index in [2.05, 4.69) is 0 Å². The second-order valence-corrected chi connectivity index (χ2v) is 4.77. The molecule has 7 heteroatoms. The molecular weight excluding hydrogens is 264 g/mol. The summed E-state index contributed by atoms with van der Waals surface area (Å²) in [5, 5.41) is 11.2. The zero-order valence-corrected chi connectivity index (χ0v) is 10.8. The largest absolute Gasteiger partial charge is 0.486 e. The van der Waals surface area contributed by atoms with Gasteiger partial charge in [-0.1, -0.05) is 0 Å². The van der Waals surface area contributed by atoms with Crippen LogP contribution in [0.2, 0.25) is 0 Å². The number of carbonyl (C=O) groups is 1. The summed E-state index contributed by atoms with van der Waals surface area (Å²) >= 11 is 0. The number of nitrogens with zero attached hydrogens (tertiary/aromatic N) is 2. The maximum absolute atomic E-state index is 11.3. The number of nitro benzene ring substituents is 1. The van der Waals surface area contributed by atoms with E-state index in [0.717, 1.165) is 0 Å². The highest BCUT2D eigenvalue weighted by atomic mass is 16.6. The van der Waals surface area contributed by atoms with Gasteiger partial charge in [0.15, 0.2) is 11.5 Å². The van der Waals surface area contributed by atoms with Crippen LogP contribution in [0.25, 0.3) is 0 Å². The fourth-order valence-electron chi connectivity index (χ4n) is 2.46. The highest BCUT2D eigenvalue weighted by Crippen LogP contribution is 2.41. The van der Waals surface area contributed by atoms with Gasteiger partial charge in [0.25, 0.3) is 5.69 Å². The quantitative estimate of drug-likeness (QED) is 0.602. The van der Waals surface area contributed by atoms with Gasteiger partial charge in [-0.25, -0.2) is 0 Å². The van der Waals surface area contributed by atoms with Gasteiger partial charge in [0, 0.05) is 32.0 Å². The van der Waals surface area contributed by atoms with E-state index in [0.29, 0.717) is 56.3 Å². The molecule has 0 spiro atoms. The number of nitro groups is 1. The molecule has 0 N–H and O–H groups in total. The summed E-state index contributed by atoms with van der Waals surface area (Å²) in [5.74, 6) is 1.12. The molecule has 1 aromatic rings. The second kappa shape index (κ2) is 4.99. The maximum atomic E-state index is 11.3. The molecule has 0 saturated carbocycles. The van der Waals surface area contributed by atoms with Crippen molar-refractivity contribution in [2.75, 3.05) is 31.2 Å². The Hall–Kier alpha value is -2.31. The van der Waals surface area contributed by atoms with Crippen LogP contribution < -0.4 is 14.4 Å². The number of benzene rings is 1. The fraction of sp³-hybridized carbons (Fsp3) is 0.462. The summed E-state index contributed by atoms with van der Waals surface area (Å²) in [6.45, 7) is 1.82. The van der Waals surface area contributed by atoms with Crippen molar-refractivity contribution in [2.45, 2.75) is 12.8 Å². The van der Waals surface area contributed by atoms with Crippen LogP contribution in [0, 0.1) is 10.1 Å².